The van der Waals surface area contributed by atoms with Gasteiger partial charge in [-0.05, 0) is 24.6 Å². The van der Waals surface area contributed by atoms with E-state index >= 15 is 0 Å². The summed E-state index contributed by atoms with van der Waals surface area (Å²) in [6.07, 6.45) is 0.515. The number of aromatic nitrogens is 1. The van der Waals surface area contributed by atoms with Crippen LogP contribution in [0.3, 0.4) is 0 Å². The van der Waals surface area contributed by atoms with Gasteiger partial charge in [-0.25, -0.2) is 0 Å². The van der Waals surface area contributed by atoms with Crippen LogP contribution in [-0.2, 0) is 16.0 Å². The Morgan fingerprint density at radius 2 is 1.86 bits per heavy atom. The average Bonchev–Trinajstić information content (AvgIpc) is 3.10. The first-order valence-electron chi connectivity index (χ1n) is 9.97. The number of hydrogen-bond donors (Lipinski definition) is 1. The fraction of sp³-hybridized carbons (Fsp3) is 0.304. The third kappa shape index (κ3) is 2.63. The highest BCUT2D eigenvalue weighted by Gasteiger charge is 2.48. The highest BCUT2D eigenvalue weighted by Crippen LogP contribution is 2.44. The van der Waals surface area contributed by atoms with Crippen LogP contribution in [0.2, 0.25) is 0 Å². The second kappa shape index (κ2) is 6.65. The molecule has 2 unspecified atom stereocenters. The van der Waals surface area contributed by atoms with Gasteiger partial charge in [0, 0.05) is 35.6 Å². The lowest BCUT2D eigenvalue weighted by atomic mass is 9.86. The fourth-order valence-corrected chi connectivity index (χ4v) is 4.72. The molecule has 5 rings (SSSR count). The molecular formula is C23H23N3O3. The van der Waals surface area contributed by atoms with E-state index in [0.29, 0.717) is 13.0 Å². The summed E-state index contributed by atoms with van der Waals surface area (Å²) in [6.45, 7) is 2.57. The maximum absolute atomic E-state index is 13.1. The Labute approximate surface area is 169 Å². The molecule has 148 valence electrons. The van der Waals surface area contributed by atoms with E-state index in [0.717, 1.165) is 33.5 Å². The lowest BCUT2D eigenvalue weighted by molar-refractivity contribution is -0.157. The van der Waals surface area contributed by atoms with Crippen LogP contribution in [0.1, 0.15) is 29.8 Å². The van der Waals surface area contributed by atoms with Crippen molar-refractivity contribution in [2.75, 3.05) is 20.2 Å². The number of carbonyl (C=O) groups is 2. The molecule has 0 spiro atoms. The van der Waals surface area contributed by atoms with Crippen LogP contribution in [0.5, 0.6) is 5.75 Å². The van der Waals surface area contributed by atoms with E-state index in [9.17, 15) is 9.59 Å². The third-order valence-corrected chi connectivity index (χ3v) is 5.97. The molecule has 1 fully saturated rings. The highest BCUT2D eigenvalue weighted by atomic mass is 16.5. The van der Waals surface area contributed by atoms with E-state index in [1.165, 1.54) is 4.90 Å². The van der Waals surface area contributed by atoms with Crippen LogP contribution in [0.25, 0.3) is 10.9 Å². The zero-order valence-electron chi connectivity index (χ0n) is 16.5. The smallest absolute Gasteiger partial charge is 0.245 e. The van der Waals surface area contributed by atoms with Crippen molar-refractivity contribution < 1.29 is 14.3 Å². The van der Waals surface area contributed by atoms with E-state index in [-0.39, 0.29) is 24.4 Å². The van der Waals surface area contributed by atoms with Crippen molar-refractivity contribution in [3.63, 3.8) is 0 Å². The van der Waals surface area contributed by atoms with Crippen LogP contribution in [0.4, 0.5) is 0 Å². The van der Waals surface area contributed by atoms with Crippen molar-refractivity contribution in [2.45, 2.75) is 25.4 Å². The Morgan fingerprint density at radius 1 is 1.10 bits per heavy atom. The fourth-order valence-electron chi connectivity index (χ4n) is 4.72. The number of rotatable bonds is 3. The topological polar surface area (TPSA) is 65.6 Å². The Kier molecular flexibility index (Phi) is 4.08. The Morgan fingerprint density at radius 3 is 2.69 bits per heavy atom. The number of nitrogens with zero attached hydrogens (tertiary/aromatic N) is 2. The molecule has 2 aliphatic heterocycles. The zero-order chi connectivity index (χ0) is 20.1. The zero-order valence-corrected chi connectivity index (χ0v) is 16.5. The van der Waals surface area contributed by atoms with Gasteiger partial charge in [0.05, 0.1) is 13.2 Å². The Balaban J connectivity index is 1.77. The summed E-state index contributed by atoms with van der Waals surface area (Å²) in [5, 5.41) is 1.11. The van der Waals surface area contributed by atoms with Crippen LogP contribution in [0.15, 0.2) is 48.5 Å². The van der Waals surface area contributed by atoms with E-state index in [1.54, 1.807) is 11.9 Å². The van der Waals surface area contributed by atoms with Gasteiger partial charge < -0.3 is 19.5 Å². The summed E-state index contributed by atoms with van der Waals surface area (Å²) >= 11 is 0. The number of ether oxygens (including phenoxy) is 1. The molecule has 3 heterocycles. The molecule has 0 bridgehead atoms. The molecule has 2 aromatic carbocycles. The van der Waals surface area contributed by atoms with Crippen molar-refractivity contribution in [3.8, 4) is 5.75 Å². The number of aromatic amines is 1. The molecule has 29 heavy (non-hydrogen) atoms. The standard InChI is InChI=1S/C23H23N3O3/c1-3-29-19-11-7-5-9-15(19)22-21-16(14-8-4-6-10-17(14)24-21)12-18-23(28)25(2)13-20(27)26(18)22/h4-11,18,22,24H,3,12-13H2,1-2H3. The van der Waals surface area contributed by atoms with E-state index < -0.39 is 6.04 Å². The average molecular weight is 389 g/mol. The van der Waals surface area contributed by atoms with Crippen molar-refractivity contribution in [3.05, 3.63) is 65.4 Å². The molecule has 0 saturated carbocycles. The van der Waals surface area contributed by atoms with Gasteiger partial charge in [-0.2, -0.15) is 0 Å². The van der Waals surface area contributed by atoms with Gasteiger partial charge in [0.15, 0.2) is 0 Å². The molecule has 1 saturated heterocycles. The number of hydrogen-bond acceptors (Lipinski definition) is 3. The first-order valence-corrected chi connectivity index (χ1v) is 9.97. The number of amides is 2. The molecule has 0 aliphatic carbocycles. The number of benzene rings is 2. The molecule has 1 N–H and O–H groups in total. The summed E-state index contributed by atoms with van der Waals surface area (Å²) < 4.78 is 5.90. The predicted molar refractivity (Wildman–Crippen MR) is 110 cm³/mol. The van der Waals surface area contributed by atoms with E-state index in [2.05, 4.69) is 11.1 Å². The minimum atomic E-state index is -0.507. The largest absolute Gasteiger partial charge is 0.494 e. The number of likely N-dealkylation sites (N-methyl/N-ethyl adjacent to an activating group) is 1. The molecule has 2 atom stereocenters. The van der Waals surface area contributed by atoms with Gasteiger partial charge in [-0.1, -0.05) is 36.4 Å². The van der Waals surface area contributed by atoms with Crippen LogP contribution >= 0.6 is 0 Å². The number of H-pyrrole nitrogens is 1. The molecule has 6 heteroatoms. The molecule has 1 aromatic heterocycles. The highest BCUT2D eigenvalue weighted by molar-refractivity contribution is 5.97. The molecule has 3 aromatic rings. The summed E-state index contributed by atoms with van der Waals surface area (Å²) in [7, 11) is 1.70. The van der Waals surface area contributed by atoms with Gasteiger partial charge in [0.25, 0.3) is 0 Å². The molecular weight excluding hydrogens is 366 g/mol. The van der Waals surface area contributed by atoms with E-state index in [1.807, 2.05) is 49.4 Å². The number of nitrogens with one attached hydrogen (secondary N) is 1. The van der Waals surface area contributed by atoms with Crippen molar-refractivity contribution >= 4 is 22.7 Å². The normalized spacial score (nSPS) is 21.3. The van der Waals surface area contributed by atoms with Gasteiger partial charge in [-0.15, -0.1) is 0 Å². The molecule has 0 radical (unpaired) electrons. The second-order valence-electron chi connectivity index (χ2n) is 7.65. The Bertz CT molecular complexity index is 1120. The Hall–Kier alpha value is -3.28. The van der Waals surface area contributed by atoms with Crippen molar-refractivity contribution in [2.24, 2.45) is 0 Å². The summed E-state index contributed by atoms with van der Waals surface area (Å²) in [4.78, 5) is 33.0. The predicted octanol–water partition coefficient (Wildman–Crippen LogP) is 2.88. The summed E-state index contributed by atoms with van der Waals surface area (Å²) in [6, 6.07) is 15.0. The number of piperazine rings is 1. The summed E-state index contributed by atoms with van der Waals surface area (Å²) in [5.41, 5.74) is 4.00. The van der Waals surface area contributed by atoms with Gasteiger partial charge in [0.1, 0.15) is 17.8 Å². The molecule has 2 aliphatic rings. The maximum Gasteiger partial charge on any atom is 0.245 e. The van der Waals surface area contributed by atoms with Crippen LogP contribution in [-0.4, -0.2) is 52.8 Å². The minimum absolute atomic E-state index is 0.0144. The van der Waals surface area contributed by atoms with Crippen molar-refractivity contribution in [1.29, 1.82) is 0 Å². The van der Waals surface area contributed by atoms with Gasteiger partial charge in [-0.3, -0.25) is 9.59 Å². The molecule has 6 nitrogen and oxygen atoms in total. The molecule has 2 amide bonds. The van der Waals surface area contributed by atoms with Crippen molar-refractivity contribution in [1.82, 2.24) is 14.8 Å². The number of para-hydroxylation sites is 2. The lowest BCUT2D eigenvalue weighted by Crippen LogP contribution is -2.62. The summed E-state index contributed by atoms with van der Waals surface area (Å²) in [5.74, 6) is 0.682. The SMILES string of the molecule is CCOc1ccccc1C1c2[nH]c3ccccc3c2CC2C(=O)N(C)CC(=O)N21. The second-order valence-corrected chi connectivity index (χ2v) is 7.65. The number of carbonyl (C=O) groups excluding carboxylic acids is 2. The maximum atomic E-state index is 13.1. The third-order valence-electron chi connectivity index (χ3n) is 5.97. The monoisotopic (exact) mass is 389 g/mol. The minimum Gasteiger partial charge on any atom is -0.494 e. The van der Waals surface area contributed by atoms with Gasteiger partial charge >= 0.3 is 0 Å². The van der Waals surface area contributed by atoms with Crippen LogP contribution in [0, 0.1) is 0 Å². The van der Waals surface area contributed by atoms with Gasteiger partial charge in [0.2, 0.25) is 11.8 Å². The van der Waals surface area contributed by atoms with E-state index in [4.69, 9.17) is 4.74 Å². The first kappa shape index (κ1) is 17.8. The quantitative estimate of drug-likeness (QED) is 0.749. The van der Waals surface area contributed by atoms with Crippen LogP contribution < -0.4 is 4.74 Å². The first-order chi connectivity index (χ1) is 14.1. The number of fused-ring (bicyclic) bond motifs is 4. The lowest BCUT2D eigenvalue weighted by Gasteiger charge is -2.46.